The lowest BCUT2D eigenvalue weighted by atomic mass is 10.1. The number of para-hydroxylation sites is 2. The maximum atomic E-state index is 13.0. The van der Waals surface area contributed by atoms with E-state index in [0.29, 0.717) is 35.0 Å². The number of aromatic amines is 1. The molecule has 1 aliphatic heterocycles. The third-order valence-electron chi connectivity index (χ3n) is 6.39. The average molecular weight is 509 g/mol. The van der Waals surface area contributed by atoms with Gasteiger partial charge in [0.15, 0.2) is 5.11 Å². The van der Waals surface area contributed by atoms with Crippen LogP contribution in [0.1, 0.15) is 27.9 Å². The van der Waals surface area contributed by atoms with Crippen molar-refractivity contribution >= 4 is 39.9 Å². The number of hydrogen-bond acceptors (Lipinski definition) is 6. The second-order valence-electron chi connectivity index (χ2n) is 8.86. The molecule has 0 spiro atoms. The van der Waals surface area contributed by atoms with Crippen molar-refractivity contribution in [1.82, 2.24) is 14.8 Å². The Labute approximate surface area is 216 Å². The van der Waals surface area contributed by atoms with Gasteiger partial charge in [-0.2, -0.15) is 0 Å². The van der Waals surface area contributed by atoms with Crippen LogP contribution in [0.15, 0.2) is 53.3 Å². The SMILES string of the molecule is COC(=O)c1ccccc1NC(=S)N(CCCN1CCOCC1)Cc1cc2cccc(C)c2[nH]c1=O. The molecule has 2 heterocycles. The molecule has 1 saturated heterocycles. The molecule has 0 saturated carbocycles. The van der Waals surface area contributed by atoms with Gasteiger partial charge < -0.3 is 24.7 Å². The van der Waals surface area contributed by atoms with Crippen LogP contribution in [0, 0.1) is 6.92 Å². The van der Waals surface area contributed by atoms with E-state index in [4.69, 9.17) is 21.7 Å². The highest BCUT2D eigenvalue weighted by atomic mass is 32.1. The summed E-state index contributed by atoms with van der Waals surface area (Å²) in [5.41, 5.74) is 3.33. The van der Waals surface area contributed by atoms with Crippen LogP contribution in [-0.4, -0.2) is 72.4 Å². The molecule has 9 heteroatoms. The molecule has 0 atom stereocenters. The lowest BCUT2D eigenvalue weighted by molar-refractivity contribution is 0.0367. The van der Waals surface area contributed by atoms with Crippen molar-refractivity contribution < 1.29 is 14.3 Å². The molecule has 0 radical (unpaired) electrons. The van der Waals surface area contributed by atoms with E-state index in [1.165, 1.54) is 7.11 Å². The Bertz CT molecular complexity index is 1290. The minimum Gasteiger partial charge on any atom is -0.465 e. The molecule has 1 fully saturated rings. The summed E-state index contributed by atoms with van der Waals surface area (Å²) in [7, 11) is 1.35. The Balaban J connectivity index is 1.56. The third kappa shape index (κ3) is 6.29. The van der Waals surface area contributed by atoms with Crippen molar-refractivity contribution in [3.05, 3.63) is 75.6 Å². The Morgan fingerprint density at radius 3 is 2.75 bits per heavy atom. The zero-order valence-electron chi connectivity index (χ0n) is 20.7. The first kappa shape index (κ1) is 25.8. The first-order valence-electron chi connectivity index (χ1n) is 12.1. The van der Waals surface area contributed by atoms with Crippen molar-refractivity contribution in [3.8, 4) is 0 Å². The predicted molar refractivity (Wildman–Crippen MR) is 146 cm³/mol. The van der Waals surface area contributed by atoms with Crippen LogP contribution in [0.4, 0.5) is 5.69 Å². The number of methoxy groups -OCH3 is 1. The lowest BCUT2D eigenvalue weighted by Gasteiger charge is -2.29. The van der Waals surface area contributed by atoms with Gasteiger partial charge in [0.2, 0.25) is 0 Å². The summed E-state index contributed by atoms with van der Waals surface area (Å²) in [4.78, 5) is 32.6. The minimum atomic E-state index is -0.443. The van der Waals surface area contributed by atoms with Gasteiger partial charge in [-0.25, -0.2) is 4.79 Å². The van der Waals surface area contributed by atoms with Crippen LogP contribution >= 0.6 is 12.2 Å². The smallest absolute Gasteiger partial charge is 0.339 e. The Morgan fingerprint density at radius 1 is 1.19 bits per heavy atom. The molecule has 8 nitrogen and oxygen atoms in total. The number of thiocarbonyl (C=S) groups is 1. The number of esters is 1. The summed E-state index contributed by atoms with van der Waals surface area (Å²) >= 11 is 5.79. The van der Waals surface area contributed by atoms with Crippen molar-refractivity contribution in [1.29, 1.82) is 0 Å². The summed E-state index contributed by atoms with van der Waals surface area (Å²) in [6.07, 6.45) is 0.866. The molecule has 2 N–H and O–H groups in total. The largest absolute Gasteiger partial charge is 0.465 e. The van der Waals surface area contributed by atoms with Gasteiger partial charge in [0.05, 0.1) is 43.6 Å². The number of benzene rings is 2. The fourth-order valence-corrected chi connectivity index (χ4v) is 4.65. The number of aromatic nitrogens is 1. The minimum absolute atomic E-state index is 0.132. The van der Waals surface area contributed by atoms with Gasteiger partial charge in [0.25, 0.3) is 5.56 Å². The van der Waals surface area contributed by atoms with E-state index in [1.54, 1.807) is 18.2 Å². The number of fused-ring (bicyclic) bond motifs is 1. The van der Waals surface area contributed by atoms with Crippen molar-refractivity contribution in [2.75, 3.05) is 51.8 Å². The van der Waals surface area contributed by atoms with Gasteiger partial charge in [-0.3, -0.25) is 9.69 Å². The summed E-state index contributed by atoms with van der Waals surface area (Å²) in [6.45, 7) is 7.21. The summed E-state index contributed by atoms with van der Waals surface area (Å²) in [5, 5.41) is 4.63. The summed E-state index contributed by atoms with van der Waals surface area (Å²) < 4.78 is 10.4. The van der Waals surface area contributed by atoms with Gasteiger partial charge in [0, 0.05) is 31.7 Å². The number of morpholine rings is 1. The number of carbonyl (C=O) groups is 1. The van der Waals surface area contributed by atoms with E-state index in [-0.39, 0.29) is 5.56 Å². The number of carbonyl (C=O) groups excluding carboxylic acids is 1. The standard InChI is InChI=1S/C27H32N4O4S/c1-19-7-5-8-20-17-21(25(32)29-24(19)20)18-31(12-6-11-30-13-15-35-16-14-30)27(36)28-23-10-4-3-9-22(23)26(33)34-2/h3-5,7-10,17H,6,11-16,18H2,1-2H3,(H,28,36)(H,29,32). The zero-order chi connectivity index (χ0) is 25.5. The molecule has 190 valence electrons. The van der Waals surface area contributed by atoms with Gasteiger partial charge in [-0.15, -0.1) is 0 Å². The fraction of sp³-hybridized carbons (Fsp3) is 0.370. The van der Waals surface area contributed by atoms with Gasteiger partial charge >= 0.3 is 5.97 Å². The number of H-pyrrole nitrogens is 1. The predicted octanol–water partition coefficient (Wildman–Crippen LogP) is 3.54. The number of rotatable bonds is 8. The highest BCUT2D eigenvalue weighted by Gasteiger charge is 2.18. The quantitative estimate of drug-likeness (QED) is 0.353. The second-order valence-corrected chi connectivity index (χ2v) is 9.25. The van der Waals surface area contributed by atoms with Crippen LogP contribution in [0.2, 0.25) is 0 Å². The number of nitrogens with zero attached hydrogens (tertiary/aromatic N) is 2. The molecule has 1 aromatic heterocycles. The molecule has 0 unspecified atom stereocenters. The van der Waals surface area contributed by atoms with Crippen LogP contribution < -0.4 is 10.9 Å². The number of anilines is 1. The second kappa shape index (κ2) is 12.1. The molecule has 0 amide bonds. The van der Waals surface area contributed by atoms with E-state index >= 15 is 0 Å². The van der Waals surface area contributed by atoms with E-state index in [1.807, 2.05) is 42.2 Å². The number of nitrogens with one attached hydrogen (secondary N) is 2. The molecule has 0 aliphatic carbocycles. The van der Waals surface area contributed by atoms with Gasteiger partial charge in [0.1, 0.15) is 0 Å². The number of pyridine rings is 1. The maximum Gasteiger partial charge on any atom is 0.339 e. The molecule has 4 rings (SSSR count). The number of hydrogen-bond donors (Lipinski definition) is 2. The first-order valence-corrected chi connectivity index (χ1v) is 12.5. The number of aryl methyl sites for hydroxylation is 1. The average Bonchev–Trinajstić information content (AvgIpc) is 2.89. The van der Waals surface area contributed by atoms with Crippen LogP contribution in [-0.2, 0) is 16.0 Å². The van der Waals surface area contributed by atoms with Crippen molar-refractivity contribution in [2.24, 2.45) is 0 Å². The van der Waals surface area contributed by atoms with E-state index < -0.39 is 5.97 Å². The normalized spacial score (nSPS) is 13.9. The van der Waals surface area contributed by atoms with Crippen LogP contribution in [0.5, 0.6) is 0 Å². The maximum absolute atomic E-state index is 13.0. The highest BCUT2D eigenvalue weighted by Crippen LogP contribution is 2.19. The summed E-state index contributed by atoms with van der Waals surface area (Å²) in [6, 6.07) is 15.0. The van der Waals surface area contributed by atoms with E-state index in [0.717, 1.165) is 55.7 Å². The van der Waals surface area contributed by atoms with Crippen molar-refractivity contribution in [2.45, 2.75) is 19.9 Å². The van der Waals surface area contributed by atoms with Crippen molar-refractivity contribution in [3.63, 3.8) is 0 Å². The first-order chi connectivity index (χ1) is 17.5. The summed E-state index contributed by atoms with van der Waals surface area (Å²) in [5.74, 6) is -0.443. The molecule has 2 aromatic carbocycles. The lowest BCUT2D eigenvalue weighted by Crippen LogP contribution is -2.40. The topological polar surface area (TPSA) is 86.9 Å². The molecular weight excluding hydrogens is 476 g/mol. The highest BCUT2D eigenvalue weighted by molar-refractivity contribution is 7.80. The van der Waals surface area contributed by atoms with Crippen LogP contribution in [0.3, 0.4) is 0 Å². The molecule has 1 aliphatic rings. The van der Waals surface area contributed by atoms with E-state index in [9.17, 15) is 9.59 Å². The number of ether oxygens (including phenoxy) is 2. The molecule has 36 heavy (non-hydrogen) atoms. The van der Waals surface area contributed by atoms with Gasteiger partial charge in [-0.1, -0.05) is 30.3 Å². The van der Waals surface area contributed by atoms with Gasteiger partial charge in [-0.05, 0) is 54.7 Å². The molecule has 0 bridgehead atoms. The van der Waals surface area contributed by atoms with E-state index in [2.05, 4.69) is 15.2 Å². The molecular formula is C27H32N4O4S. The third-order valence-corrected chi connectivity index (χ3v) is 6.75. The van der Waals surface area contributed by atoms with Crippen LogP contribution in [0.25, 0.3) is 10.9 Å². The zero-order valence-corrected chi connectivity index (χ0v) is 21.5. The Kier molecular flexibility index (Phi) is 8.69. The molecule has 3 aromatic rings. The monoisotopic (exact) mass is 508 g/mol. The Morgan fingerprint density at radius 2 is 1.97 bits per heavy atom. The Hall–Kier alpha value is -3.27. The fourth-order valence-electron chi connectivity index (χ4n) is 4.39.